The fourth-order valence-electron chi connectivity index (χ4n) is 2.00. The monoisotopic (exact) mass is 433 g/mol. The minimum atomic E-state index is -9.73. The molecule has 0 aromatic carbocycles. The van der Waals surface area contributed by atoms with Gasteiger partial charge in [-0.15, -0.1) is 5.10 Å². The van der Waals surface area contributed by atoms with Crippen molar-refractivity contribution >= 4 is 21.8 Å². The van der Waals surface area contributed by atoms with Gasteiger partial charge in [0.05, 0.1) is 4.91 Å². The van der Waals surface area contributed by atoms with Gasteiger partial charge in [0.2, 0.25) is 5.82 Å². The highest BCUT2D eigenvalue weighted by molar-refractivity contribution is 8.48. The van der Waals surface area contributed by atoms with E-state index < -0.39 is 33.3 Å². The number of rotatable bonds is 6. The molecule has 0 amide bonds. The molecule has 2 heterocycles. The summed E-state index contributed by atoms with van der Waals surface area (Å²) in [4.78, 5) is 5.65. The van der Waals surface area contributed by atoms with Gasteiger partial charge in [-0.05, 0) is 32.9 Å². The molecule has 5 nitrogen and oxygen atoms in total. The summed E-state index contributed by atoms with van der Waals surface area (Å²) in [6.45, 7) is 4.39. The van der Waals surface area contributed by atoms with E-state index in [1.54, 1.807) is 6.92 Å². The lowest BCUT2D eigenvalue weighted by Crippen LogP contribution is -2.14. The lowest BCUT2D eigenvalue weighted by atomic mass is 10.2. The van der Waals surface area contributed by atoms with E-state index in [0.717, 1.165) is 10.6 Å². The van der Waals surface area contributed by atoms with Crippen molar-refractivity contribution in [2.24, 2.45) is 0 Å². The molecule has 13 heteroatoms. The van der Waals surface area contributed by atoms with Gasteiger partial charge in [-0.3, -0.25) is 0 Å². The molecule has 1 N–H and O–H groups in total. The van der Waals surface area contributed by atoms with Crippen molar-refractivity contribution in [2.75, 3.05) is 5.32 Å². The minimum absolute atomic E-state index is 0.0346. The van der Waals surface area contributed by atoms with Gasteiger partial charge in [0, 0.05) is 23.9 Å². The summed E-state index contributed by atoms with van der Waals surface area (Å²) in [5, 5.41) is 6.33. The first-order chi connectivity index (χ1) is 12.4. The number of hydrogen-bond acceptors (Lipinski definition) is 4. The first kappa shape index (κ1) is 22.0. The summed E-state index contributed by atoms with van der Waals surface area (Å²) >= 11 is 0. The fraction of sp³-hybridized carbons (Fsp3) is 0.400. The molecule has 0 aliphatic rings. The highest BCUT2D eigenvalue weighted by Gasteiger charge is 2.65. The summed E-state index contributed by atoms with van der Waals surface area (Å²) in [6.07, 6.45) is 0.503. The molecule has 2 rings (SSSR count). The average molecular weight is 433 g/mol. The maximum atomic E-state index is 13.8. The van der Waals surface area contributed by atoms with Crippen LogP contribution in [0.2, 0.25) is 0 Å². The minimum Gasteiger partial charge on any atom is -0.344 e. The zero-order valence-electron chi connectivity index (χ0n) is 15.3. The predicted octanol–water partition coefficient (Wildman–Crippen LogP) is 6.45. The SMILES string of the molecule is CCC(F)(F)c1nc2nc(C)cc(N/C(C)=C/C=C(\C)S(F)(F)(F)(F)F)n2n1. The van der Waals surface area contributed by atoms with E-state index in [4.69, 9.17) is 0 Å². The Morgan fingerprint density at radius 3 is 2.29 bits per heavy atom. The Bertz CT molecular complexity index is 977. The molecule has 0 spiro atoms. The van der Waals surface area contributed by atoms with E-state index in [-0.39, 0.29) is 30.3 Å². The van der Waals surface area contributed by atoms with E-state index in [0.29, 0.717) is 5.69 Å². The van der Waals surface area contributed by atoms with Crippen LogP contribution in [-0.2, 0) is 5.92 Å². The largest absolute Gasteiger partial charge is 0.344 e. The Kier molecular flexibility index (Phi) is 4.78. The Labute approximate surface area is 156 Å². The maximum Gasteiger partial charge on any atom is 0.308 e. The highest BCUT2D eigenvalue weighted by Crippen LogP contribution is 3.02. The van der Waals surface area contributed by atoms with Crippen molar-refractivity contribution < 1.29 is 28.2 Å². The number of aromatic nitrogens is 4. The van der Waals surface area contributed by atoms with E-state index >= 15 is 0 Å². The van der Waals surface area contributed by atoms with Gasteiger partial charge in [0.15, 0.2) is 0 Å². The van der Waals surface area contributed by atoms with Crippen LogP contribution < -0.4 is 5.32 Å². The van der Waals surface area contributed by atoms with Crippen LogP contribution in [-0.4, -0.2) is 19.6 Å². The summed E-state index contributed by atoms with van der Waals surface area (Å²) < 4.78 is 92.0. The molecule has 2 aromatic rings. The lowest BCUT2D eigenvalue weighted by molar-refractivity contribution is -0.0173. The second-order valence-corrected chi connectivity index (χ2v) is 8.79. The molecule has 0 unspecified atom stereocenters. The zero-order chi connectivity index (χ0) is 21.6. The van der Waals surface area contributed by atoms with Gasteiger partial charge in [-0.2, -0.15) is 18.3 Å². The predicted molar refractivity (Wildman–Crippen MR) is 94.0 cm³/mol. The first-order valence-electron chi connectivity index (χ1n) is 7.92. The number of hydrogen-bond donors (Lipinski definition) is 1. The zero-order valence-corrected chi connectivity index (χ0v) is 16.1. The fourth-order valence-corrected chi connectivity index (χ4v) is 2.33. The summed E-state index contributed by atoms with van der Waals surface area (Å²) in [7, 11) is -9.73. The Hall–Kier alpha value is -2.31. The van der Waals surface area contributed by atoms with Crippen molar-refractivity contribution in [3.8, 4) is 0 Å². The first-order valence-corrected chi connectivity index (χ1v) is 9.87. The molecule has 158 valence electrons. The summed E-state index contributed by atoms with van der Waals surface area (Å²) in [6, 6.07) is 1.40. The van der Waals surface area contributed by atoms with Crippen LogP contribution in [0.3, 0.4) is 0 Å². The van der Waals surface area contributed by atoms with E-state index in [1.807, 2.05) is 0 Å². The van der Waals surface area contributed by atoms with Crippen molar-refractivity contribution in [1.82, 2.24) is 19.6 Å². The van der Waals surface area contributed by atoms with Gasteiger partial charge >= 0.3 is 16.1 Å². The number of nitrogens with one attached hydrogen (secondary N) is 1. The van der Waals surface area contributed by atoms with E-state index in [9.17, 15) is 28.2 Å². The lowest BCUT2D eigenvalue weighted by Gasteiger charge is -2.41. The maximum absolute atomic E-state index is 13.8. The third-order valence-corrected chi connectivity index (χ3v) is 5.07. The van der Waals surface area contributed by atoms with Gasteiger partial charge < -0.3 is 5.32 Å². The van der Waals surface area contributed by atoms with Crippen molar-refractivity contribution in [1.29, 1.82) is 0 Å². The number of nitrogens with zero attached hydrogens (tertiary/aromatic N) is 4. The molecule has 0 fully saturated rings. The van der Waals surface area contributed by atoms with Gasteiger partial charge in [0.1, 0.15) is 5.82 Å². The molecule has 0 atom stereocenters. The number of allylic oxidation sites excluding steroid dienone is 4. The third-order valence-electron chi connectivity index (χ3n) is 3.71. The molecule has 0 bridgehead atoms. The van der Waals surface area contributed by atoms with E-state index in [1.165, 1.54) is 19.9 Å². The molecule has 2 aromatic heterocycles. The van der Waals surface area contributed by atoms with Gasteiger partial charge in [-0.1, -0.05) is 26.4 Å². The van der Waals surface area contributed by atoms with Gasteiger partial charge in [0.25, 0.3) is 5.78 Å². The van der Waals surface area contributed by atoms with Crippen LogP contribution in [0.1, 0.15) is 38.7 Å². The number of alkyl halides is 2. The smallest absolute Gasteiger partial charge is 0.308 e. The second-order valence-electron chi connectivity index (χ2n) is 6.21. The number of fused-ring (bicyclic) bond motifs is 1. The highest BCUT2D eigenvalue weighted by atomic mass is 32.5. The van der Waals surface area contributed by atoms with Crippen LogP contribution in [0.25, 0.3) is 5.78 Å². The third kappa shape index (κ3) is 4.94. The normalized spacial score (nSPS) is 16.8. The average Bonchev–Trinajstić information content (AvgIpc) is 2.95. The molecule has 0 saturated carbocycles. The van der Waals surface area contributed by atoms with Crippen LogP contribution in [0, 0.1) is 6.92 Å². The molecular weight excluding hydrogens is 415 g/mol. The molecular formula is C15H18F7N5S. The molecule has 0 aliphatic heterocycles. The summed E-state index contributed by atoms with van der Waals surface area (Å²) in [5.41, 5.74) is 0.410. The van der Waals surface area contributed by atoms with Crippen LogP contribution in [0.4, 0.5) is 34.0 Å². The number of anilines is 1. The van der Waals surface area contributed by atoms with Crippen LogP contribution in [0.5, 0.6) is 0 Å². The van der Waals surface area contributed by atoms with Crippen molar-refractivity contribution in [3.05, 3.63) is 40.3 Å². The van der Waals surface area contributed by atoms with Crippen LogP contribution >= 0.6 is 10.2 Å². The molecule has 0 saturated heterocycles. The molecule has 28 heavy (non-hydrogen) atoms. The quantitative estimate of drug-likeness (QED) is 0.420. The van der Waals surface area contributed by atoms with E-state index in [2.05, 4.69) is 20.4 Å². The van der Waals surface area contributed by atoms with Crippen molar-refractivity contribution in [3.63, 3.8) is 0 Å². The Balaban J connectivity index is 2.43. The molecule has 0 aliphatic carbocycles. The van der Waals surface area contributed by atoms with Crippen LogP contribution in [0.15, 0.2) is 28.8 Å². The standard InChI is InChI=1S/C15H18F7N5S/c1-5-15(16,17)13-25-14-24-10(3)8-12(27(14)26-13)23-9(2)6-7-11(4)28(18,19,20,21)22/h6-8,23H,5H2,1-4H3/b9-6+,11-7+. The van der Waals surface area contributed by atoms with Gasteiger partial charge in [-0.25, -0.2) is 4.98 Å². The molecule has 0 radical (unpaired) electrons. The summed E-state index contributed by atoms with van der Waals surface area (Å²) in [5.74, 6) is -4.10. The Morgan fingerprint density at radius 1 is 1.14 bits per heavy atom. The Morgan fingerprint density at radius 2 is 1.75 bits per heavy atom. The second kappa shape index (κ2) is 6.09. The number of aryl methyl sites for hydroxylation is 1. The number of halogens is 7. The van der Waals surface area contributed by atoms with Crippen molar-refractivity contribution in [2.45, 2.75) is 40.0 Å². The topological polar surface area (TPSA) is 55.1 Å².